The van der Waals surface area contributed by atoms with Crippen LogP contribution in [0.25, 0.3) is 0 Å². The summed E-state index contributed by atoms with van der Waals surface area (Å²) < 4.78 is 5.72. The van der Waals surface area contributed by atoms with E-state index in [0.717, 1.165) is 31.2 Å². The zero-order valence-electron chi connectivity index (χ0n) is 12.1. The summed E-state index contributed by atoms with van der Waals surface area (Å²) in [5.41, 5.74) is 0. The Morgan fingerprint density at radius 1 is 1.42 bits per heavy atom. The Balaban J connectivity index is 2.16. The number of pyridine rings is 1. The molecular formula is C15H25N3O. The molecule has 1 aliphatic heterocycles. The Bertz CT molecular complexity index is 383. The third kappa shape index (κ3) is 3.60. The van der Waals surface area contributed by atoms with E-state index in [9.17, 15) is 0 Å². The molecule has 4 nitrogen and oxygen atoms in total. The van der Waals surface area contributed by atoms with Gasteiger partial charge in [-0.05, 0) is 44.9 Å². The van der Waals surface area contributed by atoms with Crippen LogP contribution >= 0.6 is 0 Å². The standard InChI is InChI=1S/C15H25N3O/c1-3-16-12-13-8-5-6-11-18(13)15-14(19-4-2)9-7-10-17-15/h7,9-10,13,16H,3-6,8,11-12H2,1-2H3. The minimum atomic E-state index is 0.530. The first kappa shape index (κ1) is 14.1. The summed E-state index contributed by atoms with van der Waals surface area (Å²) in [7, 11) is 0. The van der Waals surface area contributed by atoms with E-state index < -0.39 is 0 Å². The van der Waals surface area contributed by atoms with Gasteiger partial charge in [-0.2, -0.15) is 0 Å². The fraction of sp³-hybridized carbons (Fsp3) is 0.667. The molecule has 0 saturated carbocycles. The number of anilines is 1. The average molecular weight is 263 g/mol. The molecule has 1 unspecified atom stereocenters. The molecule has 2 heterocycles. The molecule has 0 amide bonds. The van der Waals surface area contributed by atoms with E-state index in [0.29, 0.717) is 12.6 Å². The van der Waals surface area contributed by atoms with Crippen molar-refractivity contribution in [1.29, 1.82) is 0 Å². The first-order valence-corrected chi connectivity index (χ1v) is 7.42. The number of aromatic nitrogens is 1. The van der Waals surface area contributed by atoms with Gasteiger partial charge in [0.15, 0.2) is 11.6 Å². The molecule has 2 rings (SSSR count). The zero-order valence-corrected chi connectivity index (χ0v) is 12.1. The lowest BCUT2D eigenvalue weighted by Gasteiger charge is -2.37. The van der Waals surface area contributed by atoms with Crippen molar-refractivity contribution in [3.05, 3.63) is 18.3 Å². The van der Waals surface area contributed by atoms with Gasteiger partial charge in [0.2, 0.25) is 0 Å². The van der Waals surface area contributed by atoms with E-state index in [1.165, 1.54) is 19.3 Å². The van der Waals surface area contributed by atoms with Crippen molar-refractivity contribution >= 4 is 5.82 Å². The van der Waals surface area contributed by atoms with Crippen molar-refractivity contribution in [3.63, 3.8) is 0 Å². The first-order valence-electron chi connectivity index (χ1n) is 7.42. The number of hydrogen-bond acceptors (Lipinski definition) is 4. The molecule has 0 bridgehead atoms. The topological polar surface area (TPSA) is 37.4 Å². The SMILES string of the molecule is CCNCC1CCCCN1c1ncccc1OCC. The molecule has 1 atom stereocenters. The van der Waals surface area contributed by atoms with Crippen molar-refractivity contribution in [2.45, 2.75) is 39.2 Å². The summed E-state index contributed by atoms with van der Waals surface area (Å²) in [5.74, 6) is 1.92. The Morgan fingerprint density at radius 2 is 2.32 bits per heavy atom. The van der Waals surface area contributed by atoms with Crippen LogP contribution in [0.2, 0.25) is 0 Å². The van der Waals surface area contributed by atoms with Crippen LogP contribution in [0, 0.1) is 0 Å². The number of nitrogens with one attached hydrogen (secondary N) is 1. The molecule has 106 valence electrons. The number of nitrogens with zero attached hydrogens (tertiary/aromatic N) is 2. The van der Waals surface area contributed by atoms with Crippen LogP contribution in [-0.2, 0) is 0 Å². The minimum absolute atomic E-state index is 0.530. The van der Waals surface area contributed by atoms with Crippen LogP contribution in [-0.4, -0.2) is 37.3 Å². The first-order chi connectivity index (χ1) is 9.36. The van der Waals surface area contributed by atoms with Gasteiger partial charge >= 0.3 is 0 Å². The van der Waals surface area contributed by atoms with Gasteiger partial charge in [0.1, 0.15) is 0 Å². The van der Waals surface area contributed by atoms with Gasteiger partial charge < -0.3 is 15.0 Å². The average Bonchev–Trinajstić information content (AvgIpc) is 2.46. The van der Waals surface area contributed by atoms with Crippen LogP contribution in [0.15, 0.2) is 18.3 Å². The van der Waals surface area contributed by atoms with Gasteiger partial charge in [-0.25, -0.2) is 4.98 Å². The minimum Gasteiger partial charge on any atom is -0.490 e. The molecule has 1 fully saturated rings. The number of ether oxygens (including phenoxy) is 1. The second-order valence-electron chi connectivity index (χ2n) is 4.91. The van der Waals surface area contributed by atoms with Crippen molar-refractivity contribution in [3.8, 4) is 5.75 Å². The Kier molecular flexibility index (Phi) is 5.45. The number of piperidine rings is 1. The van der Waals surface area contributed by atoms with Gasteiger partial charge in [-0.15, -0.1) is 0 Å². The van der Waals surface area contributed by atoms with E-state index in [1.807, 2.05) is 25.3 Å². The number of hydrogen-bond donors (Lipinski definition) is 1. The Morgan fingerprint density at radius 3 is 3.11 bits per heavy atom. The molecule has 0 spiro atoms. The second kappa shape index (κ2) is 7.34. The van der Waals surface area contributed by atoms with Gasteiger partial charge in [0, 0.05) is 25.3 Å². The van der Waals surface area contributed by atoms with Crippen LogP contribution in [0.3, 0.4) is 0 Å². The van der Waals surface area contributed by atoms with Crippen molar-refractivity contribution in [2.75, 3.05) is 31.1 Å². The van der Waals surface area contributed by atoms with Crippen LogP contribution in [0.4, 0.5) is 5.82 Å². The summed E-state index contributed by atoms with van der Waals surface area (Å²) in [6, 6.07) is 4.49. The molecule has 1 saturated heterocycles. The van der Waals surface area contributed by atoms with E-state index in [4.69, 9.17) is 4.74 Å². The molecular weight excluding hydrogens is 238 g/mol. The molecule has 4 heteroatoms. The van der Waals surface area contributed by atoms with E-state index in [2.05, 4.69) is 22.1 Å². The normalized spacial score (nSPS) is 19.5. The van der Waals surface area contributed by atoms with Crippen molar-refractivity contribution in [2.24, 2.45) is 0 Å². The molecule has 0 radical (unpaired) electrons. The van der Waals surface area contributed by atoms with Gasteiger partial charge in [-0.1, -0.05) is 6.92 Å². The van der Waals surface area contributed by atoms with Crippen LogP contribution in [0.1, 0.15) is 33.1 Å². The highest BCUT2D eigenvalue weighted by molar-refractivity contribution is 5.53. The number of rotatable bonds is 6. The predicted molar refractivity (Wildman–Crippen MR) is 78.9 cm³/mol. The summed E-state index contributed by atoms with van der Waals surface area (Å²) >= 11 is 0. The lowest BCUT2D eigenvalue weighted by molar-refractivity contribution is 0.335. The van der Waals surface area contributed by atoms with Crippen molar-refractivity contribution < 1.29 is 4.74 Å². The van der Waals surface area contributed by atoms with Crippen LogP contribution in [0.5, 0.6) is 5.75 Å². The van der Waals surface area contributed by atoms with E-state index >= 15 is 0 Å². The monoisotopic (exact) mass is 263 g/mol. The highest BCUT2D eigenvalue weighted by Gasteiger charge is 2.25. The third-order valence-electron chi connectivity index (χ3n) is 3.58. The third-order valence-corrected chi connectivity index (χ3v) is 3.58. The summed E-state index contributed by atoms with van der Waals surface area (Å²) in [6.07, 6.45) is 5.64. The maximum atomic E-state index is 5.72. The largest absolute Gasteiger partial charge is 0.490 e. The summed E-state index contributed by atoms with van der Waals surface area (Å²) in [4.78, 5) is 6.97. The highest BCUT2D eigenvalue weighted by atomic mass is 16.5. The van der Waals surface area contributed by atoms with Gasteiger partial charge in [0.25, 0.3) is 0 Å². The molecule has 19 heavy (non-hydrogen) atoms. The van der Waals surface area contributed by atoms with Gasteiger partial charge in [-0.3, -0.25) is 0 Å². The zero-order chi connectivity index (χ0) is 13.5. The maximum Gasteiger partial charge on any atom is 0.171 e. The fourth-order valence-electron chi connectivity index (χ4n) is 2.67. The molecule has 0 aliphatic carbocycles. The Hall–Kier alpha value is -1.29. The fourth-order valence-corrected chi connectivity index (χ4v) is 2.67. The van der Waals surface area contributed by atoms with Crippen molar-refractivity contribution in [1.82, 2.24) is 10.3 Å². The molecule has 1 aromatic rings. The highest BCUT2D eigenvalue weighted by Crippen LogP contribution is 2.30. The predicted octanol–water partition coefficient (Wildman–Crippen LogP) is 2.45. The lowest BCUT2D eigenvalue weighted by Crippen LogP contribution is -2.46. The van der Waals surface area contributed by atoms with Crippen LogP contribution < -0.4 is 15.0 Å². The quantitative estimate of drug-likeness (QED) is 0.855. The smallest absolute Gasteiger partial charge is 0.171 e. The maximum absolute atomic E-state index is 5.72. The molecule has 1 N–H and O–H groups in total. The second-order valence-corrected chi connectivity index (χ2v) is 4.91. The van der Waals surface area contributed by atoms with E-state index in [1.54, 1.807) is 0 Å². The molecule has 1 aromatic heterocycles. The van der Waals surface area contributed by atoms with E-state index in [-0.39, 0.29) is 0 Å². The number of likely N-dealkylation sites (N-methyl/N-ethyl adjacent to an activating group) is 1. The summed E-state index contributed by atoms with van der Waals surface area (Å²) in [6.45, 7) is 7.98. The Labute approximate surface area is 116 Å². The lowest BCUT2D eigenvalue weighted by atomic mass is 10.0. The molecule has 0 aromatic carbocycles. The molecule has 1 aliphatic rings. The summed E-state index contributed by atoms with van der Waals surface area (Å²) in [5, 5.41) is 3.46. The van der Waals surface area contributed by atoms with Gasteiger partial charge in [0.05, 0.1) is 6.61 Å².